The van der Waals surface area contributed by atoms with Gasteiger partial charge in [-0.25, -0.2) is 0 Å². The van der Waals surface area contributed by atoms with E-state index in [4.69, 9.17) is 23.7 Å². The Hall–Kier alpha value is -0.500. The van der Waals surface area contributed by atoms with Crippen LogP contribution in [0, 0.1) is 11.8 Å². The van der Waals surface area contributed by atoms with Crippen LogP contribution in [0.1, 0.15) is 13.8 Å². The van der Waals surface area contributed by atoms with Gasteiger partial charge in [-0.15, -0.1) is 0 Å². The summed E-state index contributed by atoms with van der Waals surface area (Å²) in [5.74, 6) is -0.203. The summed E-state index contributed by atoms with van der Waals surface area (Å²) in [6.07, 6.45) is 2.03. The molecule has 0 fully saturated rings. The molecule has 5 atom stereocenters. The summed E-state index contributed by atoms with van der Waals surface area (Å²) < 4.78 is 26.3. The van der Waals surface area contributed by atoms with Crippen LogP contribution in [0.15, 0.2) is 12.2 Å². The second-order valence-corrected chi connectivity index (χ2v) is 4.97. The molecular weight excluding hydrogens is 276 g/mol. The Morgan fingerprint density at radius 2 is 1.10 bits per heavy atom. The van der Waals surface area contributed by atoms with E-state index in [0.717, 1.165) is 0 Å². The number of methoxy groups -OCH3 is 5. The molecule has 0 saturated carbocycles. The molecule has 0 aromatic carbocycles. The third-order valence-electron chi connectivity index (χ3n) is 3.66. The van der Waals surface area contributed by atoms with Crippen molar-refractivity contribution < 1.29 is 28.8 Å². The average Bonchev–Trinajstić information content (AvgIpc) is 2.51. The highest BCUT2D eigenvalue weighted by molar-refractivity contribution is 4.99. The first-order valence-corrected chi connectivity index (χ1v) is 6.97. The number of rotatable bonds is 11. The van der Waals surface area contributed by atoms with Crippen LogP contribution >= 0.6 is 0 Å². The summed E-state index contributed by atoms with van der Waals surface area (Å²) in [7, 11) is 7.86. The van der Waals surface area contributed by atoms with Crippen molar-refractivity contribution in [3.63, 3.8) is 0 Å². The summed E-state index contributed by atoms with van der Waals surface area (Å²) in [6, 6.07) is 0. The van der Waals surface area contributed by atoms with E-state index in [1.807, 2.05) is 26.0 Å². The van der Waals surface area contributed by atoms with Gasteiger partial charge in [-0.05, 0) is 0 Å². The van der Waals surface area contributed by atoms with Crippen molar-refractivity contribution in [3.05, 3.63) is 12.2 Å². The topological polar surface area (TPSA) is 66.4 Å². The summed E-state index contributed by atoms with van der Waals surface area (Å²) >= 11 is 0. The molecule has 6 nitrogen and oxygen atoms in total. The maximum Gasteiger partial charge on any atom is 0.162 e. The van der Waals surface area contributed by atoms with Gasteiger partial charge < -0.3 is 28.8 Å². The Labute approximate surface area is 128 Å². The number of hydrogen-bond acceptors (Lipinski definition) is 6. The summed E-state index contributed by atoms with van der Waals surface area (Å²) in [5, 5.41) is 9.72. The molecular formula is C15H30O6. The molecule has 0 aromatic heterocycles. The Morgan fingerprint density at radius 3 is 1.43 bits per heavy atom. The minimum atomic E-state index is -0.885. The van der Waals surface area contributed by atoms with Crippen molar-refractivity contribution in [2.75, 3.05) is 35.5 Å². The van der Waals surface area contributed by atoms with Crippen molar-refractivity contribution in [2.24, 2.45) is 11.8 Å². The standard InChI is InChI=1S/C15H30O6/c1-10(14(16)19-5)12(17-3)8-9-13(18-4)11(2)15(20-6)21-7/h8-16H,1-7H3. The minimum Gasteiger partial charge on any atom is -0.377 e. The van der Waals surface area contributed by atoms with Gasteiger partial charge in [-0.3, -0.25) is 0 Å². The van der Waals surface area contributed by atoms with E-state index in [1.165, 1.54) is 7.11 Å². The maximum atomic E-state index is 9.72. The van der Waals surface area contributed by atoms with Gasteiger partial charge in [-0.1, -0.05) is 26.0 Å². The SMILES string of the molecule is COC(O)C(C)C(C=CC(OC)C(C)C(OC)OC)OC. The first-order chi connectivity index (χ1) is 9.96. The highest BCUT2D eigenvalue weighted by atomic mass is 16.7. The Balaban J connectivity index is 4.84. The van der Waals surface area contributed by atoms with Crippen LogP contribution in [0.3, 0.4) is 0 Å². The lowest BCUT2D eigenvalue weighted by atomic mass is 9.99. The molecule has 0 aromatic rings. The van der Waals surface area contributed by atoms with Gasteiger partial charge in [0.15, 0.2) is 12.6 Å². The van der Waals surface area contributed by atoms with Gasteiger partial charge in [0.1, 0.15) is 0 Å². The van der Waals surface area contributed by atoms with Gasteiger partial charge in [0.2, 0.25) is 0 Å². The third kappa shape index (κ3) is 6.42. The quantitative estimate of drug-likeness (QED) is 0.460. The van der Waals surface area contributed by atoms with Crippen LogP contribution in [-0.4, -0.2) is 65.4 Å². The van der Waals surface area contributed by atoms with Crippen molar-refractivity contribution >= 4 is 0 Å². The molecule has 1 N–H and O–H groups in total. The Kier molecular flexibility index (Phi) is 10.9. The molecule has 0 amide bonds. The Bertz CT molecular complexity index is 279. The minimum absolute atomic E-state index is 0.00131. The van der Waals surface area contributed by atoms with Crippen molar-refractivity contribution in [3.8, 4) is 0 Å². The van der Waals surface area contributed by atoms with Gasteiger partial charge in [-0.2, -0.15) is 0 Å². The molecule has 0 spiro atoms. The van der Waals surface area contributed by atoms with E-state index >= 15 is 0 Å². The molecule has 0 radical (unpaired) electrons. The first kappa shape index (κ1) is 20.5. The smallest absolute Gasteiger partial charge is 0.162 e. The maximum absolute atomic E-state index is 9.72. The predicted molar refractivity (Wildman–Crippen MR) is 79.9 cm³/mol. The molecule has 0 bridgehead atoms. The molecule has 0 rings (SSSR count). The molecule has 0 heterocycles. The number of aliphatic hydroxyl groups excluding tert-OH is 1. The first-order valence-electron chi connectivity index (χ1n) is 6.97. The van der Waals surface area contributed by atoms with Crippen LogP contribution in [-0.2, 0) is 23.7 Å². The second-order valence-electron chi connectivity index (χ2n) is 4.97. The molecule has 5 unspecified atom stereocenters. The Morgan fingerprint density at radius 1 is 0.667 bits per heavy atom. The molecule has 6 heteroatoms. The van der Waals surface area contributed by atoms with Crippen LogP contribution < -0.4 is 0 Å². The van der Waals surface area contributed by atoms with E-state index in [1.54, 1.807) is 28.4 Å². The molecule has 126 valence electrons. The number of ether oxygens (including phenoxy) is 5. The normalized spacial score (nSPS) is 19.7. The fraction of sp³-hybridized carbons (Fsp3) is 0.867. The van der Waals surface area contributed by atoms with E-state index in [9.17, 15) is 5.11 Å². The fourth-order valence-electron chi connectivity index (χ4n) is 2.21. The number of aliphatic hydroxyl groups is 1. The van der Waals surface area contributed by atoms with E-state index in [0.29, 0.717) is 0 Å². The molecule has 0 aliphatic rings. The lowest BCUT2D eigenvalue weighted by Gasteiger charge is -2.27. The van der Waals surface area contributed by atoms with Gasteiger partial charge in [0, 0.05) is 47.4 Å². The lowest BCUT2D eigenvalue weighted by Crippen LogP contribution is -2.34. The third-order valence-corrected chi connectivity index (χ3v) is 3.66. The van der Waals surface area contributed by atoms with Crippen LogP contribution in [0.25, 0.3) is 0 Å². The summed E-state index contributed by atoms with van der Waals surface area (Å²) in [4.78, 5) is 0. The zero-order valence-electron chi connectivity index (χ0n) is 14.1. The van der Waals surface area contributed by atoms with Crippen molar-refractivity contribution in [2.45, 2.75) is 38.6 Å². The van der Waals surface area contributed by atoms with E-state index < -0.39 is 6.29 Å². The fourth-order valence-corrected chi connectivity index (χ4v) is 2.21. The van der Waals surface area contributed by atoms with E-state index in [2.05, 4.69) is 0 Å². The van der Waals surface area contributed by atoms with Gasteiger partial charge in [0.05, 0.1) is 12.2 Å². The average molecular weight is 306 g/mol. The van der Waals surface area contributed by atoms with Crippen LogP contribution in [0.4, 0.5) is 0 Å². The summed E-state index contributed by atoms with van der Waals surface area (Å²) in [6.45, 7) is 3.83. The van der Waals surface area contributed by atoms with Crippen LogP contribution in [0.5, 0.6) is 0 Å². The zero-order valence-corrected chi connectivity index (χ0v) is 14.1. The van der Waals surface area contributed by atoms with Crippen molar-refractivity contribution in [1.82, 2.24) is 0 Å². The van der Waals surface area contributed by atoms with Crippen LogP contribution in [0.2, 0.25) is 0 Å². The van der Waals surface area contributed by atoms with Gasteiger partial charge in [0.25, 0.3) is 0 Å². The molecule has 0 aliphatic carbocycles. The monoisotopic (exact) mass is 306 g/mol. The molecule has 0 aliphatic heterocycles. The molecule has 21 heavy (non-hydrogen) atoms. The largest absolute Gasteiger partial charge is 0.377 e. The van der Waals surface area contributed by atoms with E-state index in [-0.39, 0.29) is 30.3 Å². The van der Waals surface area contributed by atoms with Gasteiger partial charge >= 0.3 is 0 Å². The highest BCUT2D eigenvalue weighted by Crippen LogP contribution is 2.19. The van der Waals surface area contributed by atoms with Crippen molar-refractivity contribution in [1.29, 1.82) is 0 Å². The second kappa shape index (κ2) is 11.1. The zero-order chi connectivity index (χ0) is 16.4. The summed E-state index contributed by atoms with van der Waals surface area (Å²) in [5.41, 5.74) is 0. The predicted octanol–water partition coefficient (Wildman–Crippen LogP) is 1.43. The number of hydrogen-bond donors (Lipinski definition) is 1. The molecule has 0 saturated heterocycles. The lowest BCUT2D eigenvalue weighted by molar-refractivity contribution is -0.153. The highest BCUT2D eigenvalue weighted by Gasteiger charge is 2.26.